The van der Waals surface area contributed by atoms with Crippen LogP contribution in [0.3, 0.4) is 0 Å². The van der Waals surface area contributed by atoms with Crippen LogP contribution in [-0.4, -0.2) is 48.4 Å². The Hall–Kier alpha value is -4.88. The third-order valence-electron chi connectivity index (χ3n) is 6.64. The van der Waals surface area contributed by atoms with E-state index in [0.717, 1.165) is 21.8 Å². The van der Waals surface area contributed by atoms with Crippen LogP contribution in [0.25, 0.3) is 6.08 Å². The smallest absolute Gasteiger partial charge is 0.267 e. The van der Waals surface area contributed by atoms with Gasteiger partial charge in [-0.15, -0.1) is 5.10 Å². The molecule has 48 heavy (non-hydrogen) atoms. The Morgan fingerprint density at radius 1 is 1.06 bits per heavy atom. The summed E-state index contributed by atoms with van der Waals surface area (Å²) in [5, 5.41) is 11.7. The predicted molar refractivity (Wildman–Crippen MR) is 188 cm³/mol. The molecule has 13 heteroatoms. The topological polar surface area (TPSA) is 115 Å². The van der Waals surface area contributed by atoms with Crippen molar-refractivity contribution in [1.29, 1.82) is 0 Å². The van der Waals surface area contributed by atoms with Gasteiger partial charge in [0.25, 0.3) is 11.8 Å². The zero-order valence-corrected chi connectivity index (χ0v) is 28.7. The lowest BCUT2D eigenvalue weighted by molar-refractivity contribution is -0.122. The number of hydrogen-bond acceptors (Lipinski definition) is 9. The zero-order chi connectivity index (χ0) is 34.0. The largest absolute Gasteiger partial charge is 0.493 e. The van der Waals surface area contributed by atoms with Crippen LogP contribution < -0.4 is 19.5 Å². The Bertz CT molecular complexity index is 1840. The maximum atomic E-state index is 13.7. The highest BCUT2D eigenvalue weighted by Crippen LogP contribution is 2.36. The molecule has 1 fully saturated rings. The average Bonchev–Trinajstić information content (AvgIpc) is 3.69. The molecule has 1 N–H and O–H groups in total. The molecule has 1 aliphatic heterocycles. The van der Waals surface area contributed by atoms with Crippen molar-refractivity contribution in [3.8, 4) is 17.2 Å². The van der Waals surface area contributed by atoms with E-state index >= 15 is 0 Å². The lowest BCUT2D eigenvalue weighted by Gasteiger charge is -2.13. The minimum absolute atomic E-state index is 0.144. The minimum atomic E-state index is -0.429. The molecule has 0 unspecified atom stereocenters. The Morgan fingerprint density at radius 2 is 1.85 bits per heavy atom. The van der Waals surface area contributed by atoms with E-state index in [-0.39, 0.29) is 19.1 Å². The molecule has 0 aliphatic carbocycles. The molecule has 1 aliphatic rings. The minimum Gasteiger partial charge on any atom is -0.493 e. The van der Waals surface area contributed by atoms with Crippen molar-refractivity contribution in [3.05, 3.63) is 111 Å². The van der Waals surface area contributed by atoms with Crippen LogP contribution >= 0.6 is 27.7 Å². The van der Waals surface area contributed by atoms with E-state index in [4.69, 9.17) is 18.6 Å². The molecule has 1 aromatic heterocycles. The highest BCUT2D eigenvalue weighted by molar-refractivity contribution is 9.10. The van der Waals surface area contributed by atoms with Gasteiger partial charge in [0.1, 0.15) is 17.3 Å². The second-order valence-corrected chi connectivity index (χ2v) is 12.8. The van der Waals surface area contributed by atoms with Gasteiger partial charge in [-0.25, -0.2) is 4.39 Å². The number of amidine groups is 1. The Balaban J connectivity index is 1.35. The first-order valence-corrected chi connectivity index (χ1v) is 16.4. The van der Waals surface area contributed by atoms with Crippen molar-refractivity contribution < 1.29 is 32.6 Å². The van der Waals surface area contributed by atoms with Gasteiger partial charge in [0.15, 0.2) is 23.3 Å². The van der Waals surface area contributed by atoms with Crippen LogP contribution in [-0.2, 0) is 16.1 Å². The van der Waals surface area contributed by atoms with E-state index < -0.39 is 11.7 Å². The number of nitrogens with one attached hydrogen (secondary N) is 1. The van der Waals surface area contributed by atoms with Crippen molar-refractivity contribution in [3.63, 3.8) is 0 Å². The van der Waals surface area contributed by atoms with Gasteiger partial charge in [-0.3, -0.25) is 14.5 Å². The SMILES string of the molecule is COc1cc(/C=N/N=C2\S/C(=C\c3cc(Br)ccc3OCC(=O)Nc3ccc(F)cc3)C(=O)N2Cc2ccco2)ccc1OCC(C)C. The molecule has 5 rings (SSSR count). The van der Waals surface area contributed by atoms with Crippen LogP contribution in [0.4, 0.5) is 10.1 Å². The number of carbonyl (C=O) groups excluding carboxylic acids is 2. The molecule has 0 atom stereocenters. The van der Waals surface area contributed by atoms with E-state index in [1.807, 2.05) is 12.1 Å². The van der Waals surface area contributed by atoms with Crippen molar-refractivity contribution in [1.82, 2.24) is 4.90 Å². The fourth-order valence-electron chi connectivity index (χ4n) is 4.34. The number of thioether (sulfide) groups is 1. The highest BCUT2D eigenvalue weighted by Gasteiger charge is 2.34. The molecule has 1 saturated heterocycles. The molecule has 248 valence electrons. The molecular weight excluding hydrogens is 703 g/mol. The number of halogens is 2. The molecule has 0 bridgehead atoms. The standard InChI is InChI=1S/C35H32BrFN4O6S/c1-22(2)20-46-30-12-6-23(15-31(30)44-3)18-38-40-35-41(19-28-5-4-14-45-28)34(43)32(48-35)17-24-16-25(36)7-13-29(24)47-21-33(42)39-27-10-8-26(37)9-11-27/h4-18,22H,19-21H2,1-3H3,(H,39,42)/b32-17-,38-18+,40-35-. The number of amides is 2. The van der Waals surface area contributed by atoms with Gasteiger partial charge in [-0.1, -0.05) is 29.8 Å². The normalized spacial score (nSPS) is 14.8. The first-order valence-electron chi connectivity index (χ1n) is 14.8. The zero-order valence-electron chi connectivity index (χ0n) is 26.3. The summed E-state index contributed by atoms with van der Waals surface area (Å²) in [5.41, 5.74) is 1.73. The fraction of sp³-hybridized carbons (Fsp3) is 0.200. The molecule has 2 amide bonds. The number of anilines is 1. The fourth-order valence-corrected chi connectivity index (χ4v) is 5.65. The Morgan fingerprint density at radius 3 is 2.58 bits per heavy atom. The molecule has 0 radical (unpaired) electrons. The summed E-state index contributed by atoms with van der Waals surface area (Å²) in [6, 6.07) is 19.6. The van der Waals surface area contributed by atoms with Gasteiger partial charge >= 0.3 is 0 Å². The number of ether oxygens (including phenoxy) is 3. The molecule has 3 aromatic carbocycles. The first kappa shape index (κ1) is 34.5. The van der Waals surface area contributed by atoms with Gasteiger partial charge in [0, 0.05) is 15.7 Å². The quantitative estimate of drug-likeness (QED) is 0.0849. The molecule has 0 spiro atoms. The molecular formula is C35H32BrFN4O6S. The first-order chi connectivity index (χ1) is 23.2. The average molecular weight is 736 g/mol. The summed E-state index contributed by atoms with van der Waals surface area (Å²) in [6.45, 7) is 4.53. The lowest BCUT2D eigenvalue weighted by atomic mass is 10.2. The van der Waals surface area contributed by atoms with E-state index in [9.17, 15) is 14.0 Å². The maximum absolute atomic E-state index is 13.7. The lowest BCUT2D eigenvalue weighted by Crippen LogP contribution is -2.28. The van der Waals surface area contributed by atoms with Crippen LogP contribution in [0, 0.1) is 11.7 Å². The summed E-state index contributed by atoms with van der Waals surface area (Å²) >= 11 is 4.62. The number of benzene rings is 3. The maximum Gasteiger partial charge on any atom is 0.267 e. The monoisotopic (exact) mass is 734 g/mol. The number of nitrogens with zero attached hydrogens (tertiary/aromatic N) is 3. The number of furan rings is 1. The van der Waals surface area contributed by atoms with Crippen molar-refractivity contribution in [2.75, 3.05) is 25.6 Å². The predicted octanol–water partition coefficient (Wildman–Crippen LogP) is 7.75. The van der Waals surface area contributed by atoms with Crippen LogP contribution in [0.1, 0.15) is 30.7 Å². The summed E-state index contributed by atoms with van der Waals surface area (Å²) < 4.78 is 36.6. The van der Waals surface area contributed by atoms with E-state index in [1.54, 1.807) is 55.8 Å². The summed E-state index contributed by atoms with van der Waals surface area (Å²) in [4.78, 5) is 28.0. The summed E-state index contributed by atoms with van der Waals surface area (Å²) in [5.74, 6) is 1.38. The third-order valence-corrected chi connectivity index (χ3v) is 8.13. The van der Waals surface area contributed by atoms with Crippen molar-refractivity contribution in [2.24, 2.45) is 16.1 Å². The van der Waals surface area contributed by atoms with Crippen molar-refractivity contribution in [2.45, 2.75) is 20.4 Å². The molecule has 0 saturated carbocycles. The van der Waals surface area contributed by atoms with Crippen LogP contribution in [0.2, 0.25) is 0 Å². The number of methoxy groups -OCH3 is 1. The third kappa shape index (κ3) is 9.35. The van der Waals surface area contributed by atoms with E-state index in [1.165, 1.54) is 35.4 Å². The molecule has 2 heterocycles. The van der Waals surface area contributed by atoms with Crippen molar-refractivity contribution >= 4 is 62.7 Å². The summed E-state index contributed by atoms with van der Waals surface area (Å²) in [7, 11) is 1.57. The van der Waals surface area contributed by atoms with Crippen LogP contribution in [0.15, 0.2) is 103 Å². The highest BCUT2D eigenvalue weighted by atomic mass is 79.9. The van der Waals surface area contributed by atoms with Gasteiger partial charge < -0.3 is 23.9 Å². The van der Waals surface area contributed by atoms with Gasteiger partial charge in [-0.2, -0.15) is 5.10 Å². The number of carbonyl (C=O) groups is 2. The second kappa shape index (κ2) is 16.3. The molecule has 10 nitrogen and oxygen atoms in total. The van der Waals surface area contributed by atoms with Crippen LogP contribution in [0.5, 0.6) is 17.2 Å². The summed E-state index contributed by atoms with van der Waals surface area (Å²) in [6.07, 6.45) is 4.78. The Kier molecular flexibility index (Phi) is 11.7. The molecule has 4 aromatic rings. The van der Waals surface area contributed by atoms with Gasteiger partial charge in [0.2, 0.25) is 0 Å². The Labute approximate surface area is 289 Å². The van der Waals surface area contributed by atoms with Gasteiger partial charge in [-0.05, 0) is 102 Å². The number of hydrogen-bond donors (Lipinski definition) is 1. The van der Waals surface area contributed by atoms with Gasteiger partial charge in [0.05, 0.1) is 37.6 Å². The van der Waals surface area contributed by atoms with E-state index in [2.05, 4.69) is 45.3 Å². The van der Waals surface area contributed by atoms with E-state index in [0.29, 0.717) is 56.9 Å². The number of rotatable bonds is 13. The second-order valence-electron chi connectivity index (χ2n) is 10.8.